The van der Waals surface area contributed by atoms with Crippen LogP contribution in [0, 0.1) is 6.92 Å². The van der Waals surface area contributed by atoms with Gasteiger partial charge in [-0.2, -0.15) is 0 Å². The summed E-state index contributed by atoms with van der Waals surface area (Å²) in [7, 11) is 0. The zero-order valence-corrected chi connectivity index (χ0v) is 24.9. The molecule has 42 heavy (non-hydrogen) atoms. The van der Waals surface area contributed by atoms with Gasteiger partial charge in [0.15, 0.2) is 0 Å². The SMILES string of the molecule is Cc1cc(N(c2ccccc2)c2ccccc2)c(Br)c(N(c2cccc3ccccc23)c2cccc3ccccc23)c1. The fourth-order valence-electron chi connectivity index (χ4n) is 5.83. The first-order valence-electron chi connectivity index (χ1n) is 14.1. The lowest BCUT2D eigenvalue weighted by Crippen LogP contribution is -2.15. The smallest absolute Gasteiger partial charge is 0.0657 e. The van der Waals surface area contributed by atoms with Crippen molar-refractivity contribution >= 4 is 71.6 Å². The number of aryl methyl sites for hydroxylation is 1. The summed E-state index contributed by atoms with van der Waals surface area (Å²) < 4.78 is 1.02. The normalized spacial score (nSPS) is 11.1. The van der Waals surface area contributed by atoms with Crippen LogP contribution in [0.3, 0.4) is 0 Å². The molecule has 0 unspecified atom stereocenters. The molecule has 3 heteroatoms. The number of nitrogens with zero attached hydrogens (tertiary/aromatic N) is 2. The topological polar surface area (TPSA) is 6.48 Å². The van der Waals surface area contributed by atoms with E-state index in [0.717, 1.165) is 38.6 Å². The molecule has 0 bridgehead atoms. The van der Waals surface area contributed by atoms with Crippen LogP contribution < -0.4 is 9.80 Å². The molecule has 0 radical (unpaired) electrons. The average molecular weight is 606 g/mol. The zero-order chi connectivity index (χ0) is 28.5. The Balaban J connectivity index is 1.54. The van der Waals surface area contributed by atoms with Crippen molar-refractivity contribution in [3.63, 3.8) is 0 Å². The van der Waals surface area contributed by atoms with Gasteiger partial charge in [-0.05, 0) is 87.7 Å². The molecule has 0 aliphatic heterocycles. The maximum Gasteiger partial charge on any atom is 0.0657 e. The van der Waals surface area contributed by atoms with Crippen molar-refractivity contribution in [1.82, 2.24) is 0 Å². The number of fused-ring (bicyclic) bond motifs is 2. The molecule has 0 aliphatic carbocycles. The summed E-state index contributed by atoms with van der Waals surface area (Å²) in [5.41, 5.74) is 7.79. The predicted octanol–water partition coefficient (Wildman–Crippen LogP) is 12.0. The molecule has 0 heterocycles. The van der Waals surface area contributed by atoms with Crippen LogP contribution in [0.1, 0.15) is 5.56 Å². The highest BCUT2D eigenvalue weighted by molar-refractivity contribution is 9.10. The monoisotopic (exact) mass is 604 g/mol. The molecule has 0 fully saturated rings. The second-order valence-electron chi connectivity index (χ2n) is 10.5. The molecule has 0 amide bonds. The van der Waals surface area contributed by atoms with Gasteiger partial charge in [-0.15, -0.1) is 0 Å². The van der Waals surface area contributed by atoms with Gasteiger partial charge >= 0.3 is 0 Å². The summed E-state index contributed by atoms with van der Waals surface area (Å²) in [4.78, 5) is 4.74. The fourth-order valence-corrected chi connectivity index (χ4v) is 6.42. The minimum absolute atomic E-state index is 1.02. The van der Waals surface area contributed by atoms with Gasteiger partial charge in [0.25, 0.3) is 0 Å². The maximum absolute atomic E-state index is 4.15. The van der Waals surface area contributed by atoms with Crippen LogP contribution in [0.15, 0.2) is 162 Å². The number of halogens is 1. The van der Waals surface area contributed by atoms with Crippen LogP contribution in [-0.4, -0.2) is 0 Å². The molecule has 0 aromatic heterocycles. The quantitative estimate of drug-likeness (QED) is 0.186. The van der Waals surface area contributed by atoms with E-state index in [1.807, 2.05) is 0 Å². The Morgan fingerprint density at radius 3 is 1.31 bits per heavy atom. The average Bonchev–Trinajstić information content (AvgIpc) is 3.04. The Hall–Kier alpha value is -4.86. The lowest BCUT2D eigenvalue weighted by atomic mass is 10.0. The van der Waals surface area contributed by atoms with Gasteiger partial charge in [-0.1, -0.05) is 109 Å². The second-order valence-corrected chi connectivity index (χ2v) is 11.2. The van der Waals surface area contributed by atoms with Crippen molar-refractivity contribution in [2.75, 3.05) is 9.80 Å². The molecule has 0 N–H and O–H groups in total. The number of rotatable bonds is 6. The minimum Gasteiger partial charge on any atom is -0.309 e. The van der Waals surface area contributed by atoms with Crippen molar-refractivity contribution in [3.05, 3.63) is 168 Å². The number of hydrogen-bond acceptors (Lipinski definition) is 2. The van der Waals surface area contributed by atoms with Gasteiger partial charge in [0, 0.05) is 22.1 Å². The van der Waals surface area contributed by atoms with Gasteiger partial charge in [0.2, 0.25) is 0 Å². The molecule has 7 aromatic carbocycles. The van der Waals surface area contributed by atoms with E-state index in [9.17, 15) is 0 Å². The van der Waals surface area contributed by atoms with E-state index in [2.05, 4.69) is 190 Å². The third-order valence-electron chi connectivity index (χ3n) is 7.70. The third-order valence-corrected chi connectivity index (χ3v) is 8.52. The van der Waals surface area contributed by atoms with Crippen LogP contribution in [-0.2, 0) is 0 Å². The molecule has 0 spiro atoms. The van der Waals surface area contributed by atoms with Gasteiger partial charge in [0.1, 0.15) is 0 Å². The molecule has 2 nitrogen and oxygen atoms in total. The summed E-state index contributed by atoms with van der Waals surface area (Å²) in [6.07, 6.45) is 0. The molecule has 0 saturated carbocycles. The molecule has 0 saturated heterocycles. The van der Waals surface area contributed by atoms with Crippen molar-refractivity contribution in [2.24, 2.45) is 0 Å². The van der Waals surface area contributed by atoms with Gasteiger partial charge in [0.05, 0.1) is 27.2 Å². The first-order chi connectivity index (χ1) is 20.7. The van der Waals surface area contributed by atoms with Crippen molar-refractivity contribution in [1.29, 1.82) is 0 Å². The Kier molecular flexibility index (Phi) is 6.95. The van der Waals surface area contributed by atoms with Gasteiger partial charge < -0.3 is 9.80 Å². The van der Waals surface area contributed by atoms with E-state index in [-0.39, 0.29) is 0 Å². The van der Waals surface area contributed by atoms with Crippen molar-refractivity contribution in [2.45, 2.75) is 6.92 Å². The summed E-state index contributed by atoms with van der Waals surface area (Å²) in [6.45, 7) is 2.18. The van der Waals surface area contributed by atoms with Crippen LogP contribution in [0.5, 0.6) is 0 Å². The third kappa shape index (κ3) is 4.72. The van der Waals surface area contributed by atoms with E-state index in [0.29, 0.717) is 0 Å². The number of anilines is 6. The number of hydrogen-bond donors (Lipinski definition) is 0. The largest absolute Gasteiger partial charge is 0.309 e. The maximum atomic E-state index is 4.15. The highest BCUT2D eigenvalue weighted by Gasteiger charge is 2.24. The number of benzene rings is 7. The highest BCUT2D eigenvalue weighted by Crippen LogP contribution is 2.49. The Morgan fingerprint density at radius 1 is 0.405 bits per heavy atom. The van der Waals surface area contributed by atoms with E-state index in [1.54, 1.807) is 0 Å². The van der Waals surface area contributed by atoms with Crippen LogP contribution in [0.25, 0.3) is 21.5 Å². The Morgan fingerprint density at radius 2 is 0.810 bits per heavy atom. The Bertz CT molecular complexity index is 1890. The van der Waals surface area contributed by atoms with Crippen LogP contribution >= 0.6 is 15.9 Å². The molecular formula is C39H29BrN2. The Labute approximate surface area is 255 Å². The van der Waals surface area contributed by atoms with Crippen LogP contribution in [0.2, 0.25) is 0 Å². The first kappa shape index (κ1) is 26.1. The number of para-hydroxylation sites is 2. The molecule has 202 valence electrons. The molecule has 7 aromatic rings. The fraction of sp³-hybridized carbons (Fsp3) is 0.0256. The molecule has 0 aliphatic rings. The van der Waals surface area contributed by atoms with Crippen molar-refractivity contribution < 1.29 is 0 Å². The lowest BCUT2D eigenvalue weighted by Gasteiger charge is -2.32. The summed E-state index contributed by atoms with van der Waals surface area (Å²) in [5.74, 6) is 0. The summed E-state index contributed by atoms with van der Waals surface area (Å²) in [6, 6.07) is 56.1. The minimum atomic E-state index is 1.02. The summed E-state index contributed by atoms with van der Waals surface area (Å²) >= 11 is 4.15. The predicted molar refractivity (Wildman–Crippen MR) is 183 cm³/mol. The molecular weight excluding hydrogens is 576 g/mol. The van der Waals surface area contributed by atoms with E-state index < -0.39 is 0 Å². The van der Waals surface area contributed by atoms with E-state index in [1.165, 1.54) is 27.1 Å². The lowest BCUT2D eigenvalue weighted by molar-refractivity contribution is 1.23. The highest BCUT2D eigenvalue weighted by atomic mass is 79.9. The van der Waals surface area contributed by atoms with Crippen molar-refractivity contribution in [3.8, 4) is 0 Å². The zero-order valence-electron chi connectivity index (χ0n) is 23.3. The standard InChI is InChI=1S/C39H29BrN2/c1-28-26-37(41(31-18-4-2-5-19-31)32-20-6-3-7-21-32)39(40)38(27-28)42(35-24-12-16-29-14-8-10-22-33(29)35)36-25-13-17-30-15-9-11-23-34(30)36/h2-27H,1H3. The molecule has 0 atom stereocenters. The second kappa shape index (κ2) is 11.2. The first-order valence-corrected chi connectivity index (χ1v) is 14.9. The molecule has 7 rings (SSSR count). The van der Waals surface area contributed by atoms with Gasteiger partial charge in [-0.3, -0.25) is 0 Å². The van der Waals surface area contributed by atoms with Crippen LogP contribution in [0.4, 0.5) is 34.1 Å². The summed E-state index contributed by atoms with van der Waals surface area (Å²) in [5, 5.41) is 4.82. The van der Waals surface area contributed by atoms with Gasteiger partial charge in [-0.25, -0.2) is 0 Å². The van der Waals surface area contributed by atoms with E-state index >= 15 is 0 Å². The van der Waals surface area contributed by atoms with E-state index in [4.69, 9.17) is 0 Å².